The molecule has 0 radical (unpaired) electrons. The van der Waals surface area contributed by atoms with Crippen LogP contribution in [0.15, 0.2) is 77.6 Å². The van der Waals surface area contributed by atoms with E-state index in [1.807, 2.05) is 29.2 Å². The Kier molecular flexibility index (Phi) is 5.97. The van der Waals surface area contributed by atoms with Gasteiger partial charge in [0.2, 0.25) is 5.95 Å². The fourth-order valence-electron chi connectivity index (χ4n) is 4.63. The van der Waals surface area contributed by atoms with Crippen molar-refractivity contribution in [3.05, 3.63) is 100.0 Å². The second-order valence-corrected chi connectivity index (χ2v) is 9.01. The van der Waals surface area contributed by atoms with Crippen LogP contribution in [0.2, 0.25) is 0 Å². The van der Waals surface area contributed by atoms with Gasteiger partial charge in [0.05, 0.1) is 47.2 Å². The van der Waals surface area contributed by atoms with E-state index in [4.69, 9.17) is 14.5 Å². The molecule has 5 aromatic rings. The fraction of sp³-hybridized carbons (Fsp3) is 0.179. The number of fused-ring (bicyclic) bond motifs is 2. The number of aromatic nitrogens is 4. The monoisotopic (exact) mass is 533 g/mol. The third kappa shape index (κ3) is 4.56. The molecule has 1 aliphatic rings. The standard InChI is InChI=1S/C28H22F3N5O3/c1-38-23-9-5-6-10-24(23)39-27-34-20-13-14-35(16-19(20)25(37)36(27)18-7-3-2-4-8-18)26-32-21-12-11-17(28(29,30)31)15-22(21)33-26/h2-12,15H,13-14,16H2,1H3,(H,32,33). The van der Waals surface area contributed by atoms with Crippen LogP contribution in [0.3, 0.4) is 0 Å². The predicted molar refractivity (Wildman–Crippen MR) is 139 cm³/mol. The molecule has 3 aromatic carbocycles. The second kappa shape index (κ2) is 9.50. The third-order valence-electron chi connectivity index (χ3n) is 6.58. The summed E-state index contributed by atoms with van der Waals surface area (Å²) in [6.07, 6.45) is -4.05. The molecule has 11 heteroatoms. The molecule has 39 heavy (non-hydrogen) atoms. The van der Waals surface area contributed by atoms with Gasteiger partial charge in [-0.05, 0) is 42.5 Å². The van der Waals surface area contributed by atoms with Crippen molar-refractivity contribution in [2.45, 2.75) is 19.1 Å². The first-order valence-corrected chi connectivity index (χ1v) is 12.1. The van der Waals surface area contributed by atoms with Crippen LogP contribution in [0, 0.1) is 0 Å². The Bertz CT molecular complexity index is 1730. The molecule has 1 N–H and O–H groups in total. The second-order valence-electron chi connectivity index (χ2n) is 9.01. The number of nitrogens with one attached hydrogen (secondary N) is 1. The van der Waals surface area contributed by atoms with Crippen LogP contribution in [0.25, 0.3) is 16.7 Å². The molecule has 0 spiro atoms. The first-order chi connectivity index (χ1) is 18.8. The van der Waals surface area contributed by atoms with Gasteiger partial charge in [-0.15, -0.1) is 0 Å². The number of rotatable bonds is 5. The highest BCUT2D eigenvalue weighted by Crippen LogP contribution is 2.33. The van der Waals surface area contributed by atoms with Gasteiger partial charge < -0.3 is 19.4 Å². The number of hydrogen-bond acceptors (Lipinski definition) is 6. The molecule has 0 bridgehead atoms. The largest absolute Gasteiger partial charge is 0.493 e. The van der Waals surface area contributed by atoms with Crippen LogP contribution in [0.1, 0.15) is 16.8 Å². The average molecular weight is 534 g/mol. The SMILES string of the molecule is COc1ccccc1Oc1nc2c(c(=O)n1-c1ccccc1)CN(c1nc3ccc(C(F)(F)F)cc3[nH]1)CC2. The number of imidazole rings is 1. The van der Waals surface area contributed by atoms with Crippen molar-refractivity contribution in [2.24, 2.45) is 0 Å². The number of nitrogens with zero attached hydrogens (tertiary/aromatic N) is 4. The minimum absolute atomic E-state index is 0.103. The zero-order valence-electron chi connectivity index (χ0n) is 20.7. The molecule has 6 rings (SSSR count). The van der Waals surface area contributed by atoms with Crippen molar-refractivity contribution in [2.75, 3.05) is 18.6 Å². The molecule has 198 valence electrons. The summed E-state index contributed by atoms with van der Waals surface area (Å²) < 4.78 is 52.4. The summed E-state index contributed by atoms with van der Waals surface area (Å²) in [5, 5.41) is 0. The van der Waals surface area contributed by atoms with Crippen LogP contribution in [0.4, 0.5) is 19.1 Å². The van der Waals surface area contributed by atoms with Gasteiger partial charge in [-0.2, -0.15) is 13.2 Å². The van der Waals surface area contributed by atoms with Crippen LogP contribution in [-0.2, 0) is 19.1 Å². The third-order valence-corrected chi connectivity index (χ3v) is 6.58. The number of para-hydroxylation sites is 3. The first-order valence-electron chi connectivity index (χ1n) is 12.1. The molecule has 8 nitrogen and oxygen atoms in total. The Hall–Kier alpha value is -4.80. The van der Waals surface area contributed by atoms with Gasteiger partial charge >= 0.3 is 12.2 Å². The van der Waals surface area contributed by atoms with Gasteiger partial charge in [0, 0.05) is 13.0 Å². The van der Waals surface area contributed by atoms with Crippen LogP contribution < -0.4 is 19.9 Å². The topological polar surface area (TPSA) is 85.3 Å². The molecule has 0 saturated carbocycles. The van der Waals surface area contributed by atoms with Crippen LogP contribution >= 0.6 is 0 Å². The fourth-order valence-corrected chi connectivity index (χ4v) is 4.63. The van der Waals surface area contributed by atoms with Gasteiger partial charge in [0.15, 0.2) is 11.5 Å². The number of anilines is 1. The number of benzene rings is 3. The molecule has 0 amide bonds. The van der Waals surface area contributed by atoms with E-state index in [1.54, 1.807) is 30.3 Å². The van der Waals surface area contributed by atoms with Crippen molar-refractivity contribution in [1.82, 2.24) is 19.5 Å². The van der Waals surface area contributed by atoms with E-state index in [0.29, 0.717) is 52.9 Å². The quantitative estimate of drug-likeness (QED) is 0.322. The lowest BCUT2D eigenvalue weighted by Gasteiger charge is -2.28. The molecular weight excluding hydrogens is 511 g/mol. The van der Waals surface area contributed by atoms with Crippen molar-refractivity contribution < 1.29 is 22.6 Å². The number of aromatic amines is 1. The average Bonchev–Trinajstić information content (AvgIpc) is 3.37. The van der Waals surface area contributed by atoms with Crippen molar-refractivity contribution >= 4 is 17.0 Å². The summed E-state index contributed by atoms with van der Waals surface area (Å²) in [4.78, 5) is 27.9. The van der Waals surface area contributed by atoms with Crippen molar-refractivity contribution in [3.63, 3.8) is 0 Å². The summed E-state index contributed by atoms with van der Waals surface area (Å²) in [5.74, 6) is 1.29. The highest BCUT2D eigenvalue weighted by atomic mass is 19.4. The Morgan fingerprint density at radius 1 is 0.949 bits per heavy atom. The number of ether oxygens (including phenoxy) is 2. The molecule has 1 aliphatic heterocycles. The number of halogens is 3. The maximum absolute atomic E-state index is 13.9. The lowest BCUT2D eigenvalue weighted by Crippen LogP contribution is -2.38. The van der Waals surface area contributed by atoms with Crippen LogP contribution in [-0.4, -0.2) is 33.2 Å². The van der Waals surface area contributed by atoms with E-state index >= 15 is 0 Å². The summed E-state index contributed by atoms with van der Waals surface area (Å²) in [7, 11) is 1.53. The number of H-pyrrole nitrogens is 1. The number of methoxy groups -OCH3 is 1. The number of hydrogen-bond donors (Lipinski definition) is 1. The first kappa shape index (κ1) is 24.5. The molecule has 0 aliphatic carbocycles. The maximum Gasteiger partial charge on any atom is 0.416 e. The Labute approximate surface area is 220 Å². The van der Waals surface area contributed by atoms with Gasteiger partial charge in [0.25, 0.3) is 5.56 Å². The zero-order chi connectivity index (χ0) is 27.1. The van der Waals surface area contributed by atoms with Crippen molar-refractivity contribution in [1.29, 1.82) is 0 Å². The van der Waals surface area contributed by atoms with Gasteiger partial charge in [-0.1, -0.05) is 30.3 Å². The molecule has 0 unspecified atom stereocenters. The van der Waals surface area contributed by atoms with Gasteiger partial charge in [-0.3, -0.25) is 4.79 Å². The summed E-state index contributed by atoms with van der Waals surface area (Å²) >= 11 is 0. The highest BCUT2D eigenvalue weighted by Gasteiger charge is 2.31. The maximum atomic E-state index is 13.9. The lowest BCUT2D eigenvalue weighted by atomic mass is 10.1. The van der Waals surface area contributed by atoms with Crippen molar-refractivity contribution in [3.8, 4) is 23.2 Å². The summed E-state index contributed by atoms with van der Waals surface area (Å²) in [6, 6.07) is 19.6. The molecular formula is C28H22F3N5O3. The van der Waals surface area contributed by atoms with E-state index in [1.165, 1.54) is 17.7 Å². The van der Waals surface area contributed by atoms with E-state index in [0.717, 1.165) is 12.1 Å². The Balaban J connectivity index is 1.40. The predicted octanol–water partition coefficient (Wildman–Crippen LogP) is 5.49. The number of alkyl halides is 3. The lowest BCUT2D eigenvalue weighted by molar-refractivity contribution is -0.137. The molecule has 2 aromatic heterocycles. The summed E-state index contributed by atoms with van der Waals surface area (Å²) in [5.41, 5.74) is 1.22. The molecule has 0 fully saturated rings. The Morgan fingerprint density at radius 3 is 2.44 bits per heavy atom. The van der Waals surface area contributed by atoms with E-state index in [9.17, 15) is 18.0 Å². The smallest absolute Gasteiger partial charge is 0.416 e. The molecule has 0 saturated heterocycles. The summed E-state index contributed by atoms with van der Waals surface area (Å²) in [6.45, 7) is 0.629. The van der Waals surface area contributed by atoms with Gasteiger partial charge in [0.1, 0.15) is 0 Å². The normalized spacial score (nSPS) is 13.4. The van der Waals surface area contributed by atoms with E-state index in [-0.39, 0.29) is 23.6 Å². The molecule has 3 heterocycles. The minimum Gasteiger partial charge on any atom is -0.493 e. The van der Waals surface area contributed by atoms with E-state index < -0.39 is 11.7 Å². The highest BCUT2D eigenvalue weighted by molar-refractivity contribution is 5.78. The zero-order valence-corrected chi connectivity index (χ0v) is 20.7. The Morgan fingerprint density at radius 2 is 1.69 bits per heavy atom. The van der Waals surface area contributed by atoms with Crippen LogP contribution in [0.5, 0.6) is 17.5 Å². The van der Waals surface area contributed by atoms with E-state index in [2.05, 4.69) is 9.97 Å². The minimum atomic E-state index is -4.46. The van der Waals surface area contributed by atoms with Gasteiger partial charge in [-0.25, -0.2) is 14.5 Å². The molecule has 0 atom stereocenters.